The fourth-order valence-corrected chi connectivity index (χ4v) is 2.49. The Morgan fingerprint density at radius 2 is 1.92 bits per heavy atom. The normalized spacial score (nSPS) is 35.7. The van der Waals surface area contributed by atoms with E-state index in [1.54, 1.807) is 0 Å². The molecule has 1 heterocycles. The molecule has 0 bridgehead atoms. The highest BCUT2D eigenvalue weighted by Crippen LogP contribution is 2.37. The molecule has 0 radical (unpaired) electrons. The van der Waals surface area contributed by atoms with Gasteiger partial charge in [0.15, 0.2) is 0 Å². The Balaban J connectivity index is 1.99. The molecule has 1 saturated heterocycles. The maximum Gasteiger partial charge on any atom is 0.233 e. The molecular weight excluding hydrogens is 154 g/mol. The predicted octanol–water partition coefficient (Wildman–Crippen LogP) is 0.422. The summed E-state index contributed by atoms with van der Waals surface area (Å²) in [5.41, 5.74) is 5.51. The first kappa shape index (κ1) is 7.71. The third-order valence-electron chi connectivity index (χ3n) is 3.15. The lowest BCUT2D eigenvalue weighted by Gasteiger charge is -2.15. The highest BCUT2D eigenvalue weighted by Gasteiger charge is 2.36. The van der Waals surface area contributed by atoms with Crippen molar-refractivity contribution >= 4 is 5.96 Å². The van der Waals surface area contributed by atoms with Crippen LogP contribution in [0, 0.1) is 11.8 Å². The van der Waals surface area contributed by atoms with Crippen molar-refractivity contribution in [1.29, 1.82) is 0 Å². The molecule has 68 valence electrons. The van der Waals surface area contributed by atoms with Crippen LogP contribution in [0.3, 0.4) is 0 Å². The topological polar surface area (TPSA) is 61.9 Å². The summed E-state index contributed by atoms with van der Waals surface area (Å²) < 4.78 is 0. The summed E-state index contributed by atoms with van der Waals surface area (Å²) in [6.45, 7) is 1.97. The first-order valence-corrected chi connectivity index (χ1v) is 4.53. The van der Waals surface area contributed by atoms with Crippen molar-refractivity contribution in [2.45, 2.75) is 19.3 Å². The van der Waals surface area contributed by atoms with E-state index in [4.69, 9.17) is 10.9 Å². The minimum Gasteiger partial charge on any atom is -0.408 e. The van der Waals surface area contributed by atoms with Crippen LogP contribution >= 0.6 is 0 Å². The zero-order chi connectivity index (χ0) is 8.55. The van der Waals surface area contributed by atoms with E-state index in [2.05, 4.69) is 5.16 Å². The molecule has 4 nitrogen and oxygen atoms in total. The van der Waals surface area contributed by atoms with Gasteiger partial charge in [-0.05, 0) is 24.7 Å². The smallest absolute Gasteiger partial charge is 0.233 e. The van der Waals surface area contributed by atoms with Gasteiger partial charge in [-0.25, -0.2) is 0 Å². The average Bonchev–Trinajstić information content (AvgIpc) is 2.60. The van der Waals surface area contributed by atoms with Gasteiger partial charge in [-0.3, -0.25) is 0 Å². The van der Waals surface area contributed by atoms with Gasteiger partial charge in [0.2, 0.25) is 5.96 Å². The third-order valence-corrected chi connectivity index (χ3v) is 3.15. The highest BCUT2D eigenvalue weighted by molar-refractivity contribution is 5.77. The first-order chi connectivity index (χ1) is 5.81. The second-order valence-electron chi connectivity index (χ2n) is 3.81. The Labute approximate surface area is 72.0 Å². The van der Waals surface area contributed by atoms with Crippen LogP contribution in [-0.2, 0) is 0 Å². The van der Waals surface area contributed by atoms with Crippen molar-refractivity contribution in [1.82, 2.24) is 4.90 Å². The number of rotatable bonds is 0. The Hall–Kier alpha value is -0.930. The monoisotopic (exact) mass is 169 g/mol. The summed E-state index contributed by atoms with van der Waals surface area (Å²) in [7, 11) is 0. The highest BCUT2D eigenvalue weighted by atomic mass is 16.4. The summed E-state index contributed by atoms with van der Waals surface area (Å²) in [6.07, 6.45) is 4.00. The van der Waals surface area contributed by atoms with E-state index in [0.29, 0.717) is 0 Å². The van der Waals surface area contributed by atoms with E-state index in [1.165, 1.54) is 19.3 Å². The van der Waals surface area contributed by atoms with Crippen molar-refractivity contribution < 1.29 is 5.21 Å². The maximum atomic E-state index is 8.48. The fourth-order valence-electron chi connectivity index (χ4n) is 2.49. The van der Waals surface area contributed by atoms with Crippen molar-refractivity contribution in [2.75, 3.05) is 13.1 Å². The van der Waals surface area contributed by atoms with Crippen LogP contribution in [0.15, 0.2) is 5.16 Å². The van der Waals surface area contributed by atoms with E-state index in [-0.39, 0.29) is 5.96 Å². The molecule has 1 saturated carbocycles. The van der Waals surface area contributed by atoms with Crippen LogP contribution in [0.4, 0.5) is 0 Å². The van der Waals surface area contributed by atoms with Crippen LogP contribution in [0.25, 0.3) is 0 Å². The number of guanidine groups is 1. The number of oxime groups is 1. The van der Waals surface area contributed by atoms with Gasteiger partial charge in [0, 0.05) is 13.1 Å². The van der Waals surface area contributed by atoms with Crippen LogP contribution in [0.2, 0.25) is 0 Å². The number of nitrogens with two attached hydrogens (primary N) is 1. The van der Waals surface area contributed by atoms with E-state index >= 15 is 0 Å². The van der Waals surface area contributed by atoms with E-state index in [9.17, 15) is 0 Å². The zero-order valence-electron chi connectivity index (χ0n) is 7.11. The van der Waals surface area contributed by atoms with E-state index in [1.807, 2.05) is 4.90 Å². The van der Waals surface area contributed by atoms with Gasteiger partial charge < -0.3 is 15.8 Å². The SMILES string of the molecule is N/C(=N\O)N1C[C@H]2CCC[C@H]2C1. The molecule has 1 aliphatic heterocycles. The molecule has 2 aliphatic rings. The Kier molecular flexibility index (Phi) is 1.83. The molecule has 0 amide bonds. The van der Waals surface area contributed by atoms with Gasteiger partial charge in [0.05, 0.1) is 0 Å². The molecule has 2 fully saturated rings. The summed E-state index contributed by atoms with van der Waals surface area (Å²) in [6, 6.07) is 0. The fraction of sp³-hybridized carbons (Fsp3) is 0.875. The van der Waals surface area contributed by atoms with E-state index < -0.39 is 0 Å². The minimum absolute atomic E-state index is 0.282. The van der Waals surface area contributed by atoms with Crippen LogP contribution in [-0.4, -0.2) is 29.2 Å². The Morgan fingerprint density at radius 3 is 2.42 bits per heavy atom. The summed E-state index contributed by atoms with van der Waals surface area (Å²) >= 11 is 0. The number of nitrogens with zero attached hydrogens (tertiary/aromatic N) is 2. The van der Waals surface area contributed by atoms with Crippen LogP contribution in [0.5, 0.6) is 0 Å². The van der Waals surface area contributed by atoms with Gasteiger partial charge in [-0.2, -0.15) is 0 Å². The molecule has 2 rings (SSSR count). The van der Waals surface area contributed by atoms with Gasteiger partial charge in [-0.15, -0.1) is 0 Å². The molecule has 4 heteroatoms. The molecule has 0 spiro atoms. The number of hydrogen-bond acceptors (Lipinski definition) is 2. The van der Waals surface area contributed by atoms with Crippen LogP contribution in [0.1, 0.15) is 19.3 Å². The number of likely N-dealkylation sites (tertiary alicyclic amines) is 1. The lowest BCUT2D eigenvalue weighted by molar-refractivity contribution is 0.302. The van der Waals surface area contributed by atoms with Crippen LogP contribution < -0.4 is 5.73 Å². The Morgan fingerprint density at radius 1 is 1.33 bits per heavy atom. The molecule has 3 N–H and O–H groups in total. The number of hydrogen-bond donors (Lipinski definition) is 2. The molecule has 12 heavy (non-hydrogen) atoms. The quantitative estimate of drug-likeness (QED) is 0.239. The molecule has 2 atom stereocenters. The van der Waals surface area contributed by atoms with Crippen molar-refractivity contribution in [3.8, 4) is 0 Å². The molecular formula is C8H15N3O. The minimum atomic E-state index is 0.282. The van der Waals surface area contributed by atoms with Crippen molar-refractivity contribution in [2.24, 2.45) is 22.7 Å². The standard InChI is InChI=1S/C8H15N3O/c9-8(10-12)11-4-6-2-1-3-7(6)5-11/h6-7,12H,1-5H2,(H2,9,10)/t6-,7+. The lowest BCUT2D eigenvalue weighted by atomic mass is 10.0. The largest absolute Gasteiger partial charge is 0.408 e. The van der Waals surface area contributed by atoms with Crippen molar-refractivity contribution in [3.63, 3.8) is 0 Å². The number of fused-ring (bicyclic) bond motifs is 1. The van der Waals surface area contributed by atoms with Gasteiger partial charge >= 0.3 is 0 Å². The van der Waals surface area contributed by atoms with Crippen molar-refractivity contribution in [3.05, 3.63) is 0 Å². The van der Waals surface area contributed by atoms with Gasteiger partial charge in [0.25, 0.3) is 0 Å². The van der Waals surface area contributed by atoms with E-state index in [0.717, 1.165) is 24.9 Å². The summed E-state index contributed by atoms with van der Waals surface area (Å²) in [5, 5.41) is 11.5. The molecule has 0 aromatic rings. The Bertz CT molecular complexity index is 192. The summed E-state index contributed by atoms with van der Waals surface area (Å²) in [5.74, 6) is 1.87. The molecule has 0 unspecified atom stereocenters. The van der Waals surface area contributed by atoms with Gasteiger partial charge in [0.1, 0.15) is 0 Å². The second kappa shape index (κ2) is 2.84. The molecule has 0 aromatic carbocycles. The lowest BCUT2D eigenvalue weighted by Crippen LogP contribution is -2.35. The second-order valence-corrected chi connectivity index (χ2v) is 3.81. The third kappa shape index (κ3) is 1.11. The zero-order valence-corrected chi connectivity index (χ0v) is 7.11. The summed E-state index contributed by atoms with van der Waals surface area (Å²) in [4.78, 5) is 1.98. The molecule has 1 aliphatic carbocycles. The maximum absolute atomic E-state index is 8.48. The van der Waals surface area contributed by atoms with Gasteiger partial charge in [-0.1, -0.05) is 11.6 Å². The first-order valence-electron chi connectivity index (χ1n) is 4.53. The predicted molar refractivity (Wildman–Crippen MR) is 45.8 cm³/mol. The average molecular weight is 169 g/mol. The molecule has 0 aromatic heterocycles.